The Morgan fingerprint density at radius 1 is 1.24 bits per heavy atom. The van der Waals surface area contributed by atoms with Crippen LogP contribution in [0.4, 0.5) is 14.5 Å². The summed E-state index contributed by atoms with van der Waals surface area (Å²) in [7, 11) is 1.49. The van der Waals surface area contributed by atoms with Crippen molar-refractivity contribution in [2.24, 2.45) is 5.73 Å². The average molecular weight is 367 g/mol. The number of hydrogen-bond donors (Lipinski definition) is 2. The monoisotopic (exact) mass is 367 g/mol. The number of rotatable bonds is 5. The summed E-state index contributed by atoms with van der Waals surface area (Å²) in [5.74, 6) is -0.454. The highest BCUT2D eigenvalue weighted by Gasteiger charge is 2.19. The van der Waals surface area contributed by atoms with Crippen molar-refractivity contribution in [3.05, 3.63) is 54.1 Å². The van der Waals surface area contributed by atoms with E-state index < -0.39 is 12.5 Å². The van der Waals surface area contributed by atoms with Crippen LogP contribution in [0, 0.1) is 0 Å². The fraction of sp³-hybridized carbons (Fsp3) is 0.125. The Morgan fingerprint density at radius 2 is 1.96 bits per heavy atom. The molecule has 132 valence electrons. The molecular formula is C16H15F2N3O3S. The lowest BCUT2D eigenvalue weighted by molar-refractivity contribution is -0.0501. The molecule has 0 atom stereocenters. The van der Waals surface area contributed by atoms with Crippen molar-refractivity contribution in [3.63, 3.8) is 0 Å². The fourth-order valence-electron chi connectivity index (χ4n) is 2.01. The van der Waals surface area contributed by atoms with Crippen LogP contribution in [0.15, 0.2) is 48.5 Å². The van der Waals surface area contributed by atoms with Crippen molar-refractivity contribution in [2.75, 3.05) is 12.1 Å². The summed E-state index contributed by atoms with van der Waals surface area (Å²) in [6.45, 7) is -3.06. The molecule has 3 N–H and O–H groups in total. The lowest BCUT2D eigenvalue weighted by Gasteiger charge is -2.24. The number of nitrogens with one attached hydrogen (secondary N) is 1. The van der Waals surface area contributed by atoms with E-state index in [2.05, 4.69) is 10.2 Å². The van der Waals surface area contributed by atoms with Crippen LogP contribution in [0.3, 0.4) is 0 Å². The third-order valence-corrected chi connectivity index (χ3v) is 3.28. The molecule has 0 aliphatic heterocycles. The standard InChI is InChI=1S/C16H15F2N3O3S/c1-23-11-6-4-5-10(9-11)21(16(19)25)20-14(22)12-7-2-3-8-13(12)24-15(17)18/h2-9,15H,1H3,(H2,19,25)(H,20,22). The van der Waals surface area contributed by atoms with Crippen LogP contribution in [0.2, 0.25) is 0 Å². The Balaban J connectivity index is 2.28. The summed E-state index contributed by atoms with van der Waals surface area (Å²) < 4.78 is 34.4. The van der Waals surface area contributed by atoms with E-state index in [4.69, 9.17) is 22.7 Å². The number of para-hydroxylation sites is 1. The van der Waals surface area contributed by atoms with Crippen LogP contribution < -0.4 is 25.6 Å². The molecule has 0 heterocycles. The second-order valence-corrected chi connectivity index (χ2v) is 5.11. The molecule has 0 radical (unpaired) electrons. The lowest BCUT2D eigenvalue weighted by Crippen LogP contribution is -2.49. The van der Waals surface area contributed by atoms with Crippen LogP contribution in [-0.2, 0) is 0 Å². The van der Waals surface area contributed by atoms with Crippen molar-refractivity contribution in [2.45, 2.75) is 6.61 Å². The first-order chi connectivity index (χ1) is 11.9. The number of anilines is 1. The number of amides is 1. The molecule has 0 spiro atoms. The van der Waals surface area contributed by atoms with Gasteiger partial charge in [0.05, 0.1) is 18.4 Å². The Hall–Kier alpha value is -2.94. The lowest BCUT2D eigenvalue weighted by atomic mass is 10.2. The van der Waals surface area contributed by atoms with Crippen molar-refractivity contribution in [3.8, 4) is 11.5 Å². The summed E-state index contributed by atoms with van der Waals surface area (Å²) in [6, 6.07) is 12.2. The van der Waals surface area contributed by atoms with Crippen LogP contribution in [0.5, 0.6) is 11.5 Å². The highest BCUT2D eigenvalue weighted by Crippen LogP contribution is 2.22. The first-order valence-electron chi connectivity index (χ1n) is 7.01. The highest BCUT2D eigenvalue weighted by atomic mass is 32.1. The number of carbonyl (C=O) groups excluding carboxylic acids is 1. The normalized spacial score (nSPS) is 10.2. The molecule has 0 saturated carbocycles. The van der Waals surface area contributed by atoms with Crippen LogP contribution in [0.25, 0.3) is 0 Å². The minimum atomic E-state index is -3.06. The number of benzene rings is 2. The number of hydrazine groups is 1. The van der Waals surface area contributed by atoms with Gasteiger partial charge in [-0.2, -0.15) is 8.78 Å². The van der Waals surface area contributed by atoms with Gasteiger partial charge in [-0.05, 0) is 36.5 Å². The first kappa shape index (κ1) is 18.4. The Kier molecular flexibility index (Phi) is 6.07. The molecule has 2 rings (SSSR count). The Labute approximate surface area is 148 Å². The van der Waals surface area contributed by atoms with E-state index >= 15 is 0 Å². The maximum absolute atomic E-state index is 12.5. The number of halogens is 2. The second kappa shape index (κ2) is 8.25. The van der Waals surface area contributed by atoms with E-state index in [-0.39, 0.29) is 16.4 Å². The number of thiocarbonyl (C=S) groups is 1. The molecule has 0 saturated heterocycles. The smallest absolute Gasteiger partial charge is 0.387 e. The predicted octanol–water partition coefficient (Wildman–Crippen LogP) is 2.69. The van der Waals surface area contributed by atoms with Gasteiger partial charge < -0.3 is 15.2 Å². The molecule has 0 aliphatic rings. The van der Waals surface area contributed by atoms with Gasteiger partial charge in [0, 0.05) is 6.07 Å². The summed E-state index contributed by atoms with van der Waals surface area (Å²) in [6.07, 6.45) is 0. The number of nitrogens with zero attached hydrogens (tertiary/aromatic N) is 1. The van der Waals surface area contributed by atoms with Crippen LogP contribution >= 0.6 is 12.2 Å². The molecule has 0 aliphatic carbocycles. The topological polar surface area (TPSA) is 76.8 Å². The third-order valence-electron chi connectivity index (χ3n) is 3.09. The summed E-state index contributed by atoms with van der Waals surface area (Å²) in [5, 5.41) is 0.994. The number of ether oxygens (including phenoxy) is 2. The maximum Gasteiger partial charge on any atom is 0.387 e. The largest absolute Gasteiger partial charge is 0.497 e. The predicted molar refractivity (Wildman–Crippen MR) is 92.8 cm³/mol. The minimum Gasteiger partial charge on any atom is -0.497 e. The number of nitrogens with two attached hydrogens (primary N) is 1. The summed E-state index contributed by atoms with van der Waals surface area (Å²) >= 11 is 4.95. The Bertz CT molecular complexity index is 774. The molecular weight excluding hydrogens is 352 g/mol. The van der Waals surface area contributed by atoms with Gasteiger partial charge in [0.2, 0.25) is 0 Å². The molecule has 2 aromatic carbocycles. The third kappa shape index (κ3) is 4.77. The van der Waals surface area contributed by atoms with Crippen molar-refractivity contribution < 1.29 is 23.0 Å². The first-order valence-corrected chi connectivity index (χ1v) is 7.41. The summed E-state index contributed by atoms with van der Waals surface area (Å²) in [4.78, 5) is 12.5. The van der Waals surface area contributed by atoms with Crippen molar-refractivity contribution in [1.29, 1.82) is 0 Å². The van der Waals surface area contributed by atoms with Crippen LogP contribution in [-0.4, -0.2) is 24.7 Å². The second-order valence-electron chi connectivity index (χ2n) is 4.69. The van der Waals surface area contributed by atoms with Gasteiger partial charge >= 0.3 is 6.61 Å². The molecule has 9 heteroatoms. The quantitative estimate of drug-likeness (QED) is 0.625. The molecule has 25 heavy (non-hydrogen) atoms. The zero-order chi connectivity index (χ0) is 18.4. The van der Waals surface area contributed by atoms with Gasteiger partial charge in [0.1, 0.15) is 11.5 Å². The number of carbonyl (C=O) groups is 1. The molecule has 2 aromatic rings. The van der Waals surface area contributed by atoms with Crippen molar-refractivity contribution >= 4 is 28.9 Å². The highest BCUT2D eigenvalue weighted by molar-refractivity contribution is 7.80. The average Bonchev–Trinajstić information content (AvgIpc) is 2.59. The molecule has 1 amide bonds. The number of methoxy groups -OCH3 is 1. The molecule has 6 nitrogen and oxygen atoms in total. The number of hydrogen-bond acceptors (Lipinski definition) is 4. The molecule has 0 bridgehead atoms. The maximum atomic E-state index is 12.5. The number of alkyl halides is 2. The van der Waals surface area contributed by atoms with E-state index in [9.17, 15) is 13.6 Å². The molecule has 0 fully saturated rings. The van der Waals surface area contributed by atoms with Gasteiger partial charge in [0.15, 0.2) is 5.11 Å². The van der Waals surface area contributed by atoms with E-state index in [1.165, 1.54) is 31.4 Å². The van der Waals surface area contributed by atoms with Gasteiger partial charge in [-0.1, -0.05) is 18.2 Å². The van der Waals surface area contributed by atoms with E-state index in [1.54, 1.807) is 24.3 Å². The zero-order valence-corrected chi connectivity index (χ0v) is 13.9. The van der Waals surface area contributed by atoms with Gasteiger partial charge in [-0.15, -0.1) is 0 Å². The van der Waals surface area contributed by atoms with E-state index in [0.717, 1.165) is 5.01 Å². The van der Waals surface area contributed by atoms with E-state index in [0.29, 0.717) is 11.4 Å². The van der Waals surface area contributed by atoms with Gasteiger partial charge in [-0.3, -0.25) is 10.2 Å². The van der Waals surface area contributed by atoms with E-state index in [1.807, 2.05) is 0 Å². The van der Waals surface area contributed by atoms with Gasteiger partial charge in [-0.25, -0.2) is 5.01 Å². The van der Waals surface area contributed by atoms with Gasteiger partial charge in [0.25, 0.3) is 5.91 Å². The van der Waals surface area contributed by atoms with Crippen LogP contribution in [0.1, 0.15) is 10.4 Å². The minimum absolute atomic E-state index is 0.0908. The SMILES string of the molecule is COc1cccc(N(NC(=O)c2ccccc2OC(F)F)C(N)=S)c1. The van der Waals surface area contributed by atoms with Crippen molar-refractivity contribution in [1.82, 2.24) is 5.43 Å². The Morgan fingerprint density at radius 3 is 2.60 bits per heavy atom. The summed E-state index contributed by atoms with van der Waals surface area (Å²) in [5.41, 5.74) is 8.46. The zero-order valence-electron chi connectivity index (χ0n) is 13.1. The fourth-order valence-corrected chi connectivity index (χ4v) is 2.16. The molecule has 0 unspecified atom stereocenters. The molecule has 0 aromatic heterocycles.